The number of nitrogens with zero attached hydrogens (tertiary/aromatic N) is 1. The first-order valence-electron chi connectivity index (χ1n) is 6.33. The maximum absolute atomic E-state index is 12.5. The molecule has 120 valence electrons. The minimum atomic E-state index is -3.47. The SMILES string of the molecule is COc1cc(C(=O)N2CCS(=O)(=O)CC2C(=O)O)ccc1Cl. The highest BCUT2D eigenvalue weighted by Crippen LogP contribution is 2.26. The van der Waals surface area contributed by atoms with Crippen molar-refractivity contribution >= 4 is 33.3 Å². The zero-order valence-electron chi connectivity index (χ0n) is 11.7. The molecule has 0 aromatic heterocycles. The molecule has 1 N–H and O–H groups in total. The van der Waals surface area contributed by atoms with Crippen LogP contribution < -0.4 is 4.74 Å². The Morgan fingerprint density at radius 1 is 1.41 bits per heavy atom. The highest BCUT2D eigenvalue weighted by atomic mass is 35.5. The predicted octanol–water partition coefficient (Wildman–Crippen LogP) is 0.672. The lowest BCUT2D eigenvalue weighted by atomic mass is 10.1. The van der Waals surface area contributed by atoms with Gasteiger partial charge in [0.2, 0.25) is 0 Å². The van der Waals surface area contributed by atoms with Crippen molar-refractivity contribution in [2.24, 2.45) is 0 Å². The molecule has 0 saturated carbocycles. The zero-order valence-corrected chi connectivity index (χ0v) is 13.2. The van der Waals surface area contributed by atoms with Crippen molar-refractivity contribution in [2.45, 2.75) is 6.04 Å². The number of aliphatic carboxylic acids is 1. The number of methoxy groups -OCH3 is 1. The van der Waals surface area contributed by atoms with E-state index in [0.717, 1.165) is 4.90 Å². The van der Waals surface area contributed by atoms with Crippen LogP contribution in [0.4, 0.5) is 0 Å². The minimum Gasteiger partial charge on any atom is -0.495 e. The van der Waals surface area contributed by atoms with Crippen LogP contribution in [0.2, 0.25) is 5.02 Å². The summed E-state index contributed by atoms with van der Waals surface area (Å²) in [5.74, 6) is -2.48. The second-order valence-electron chi connectivity index (χ2n) is 4.82. The van der Waals surface area contributed by atoms with Gasteiger partial charge in [-0.05, 0) is 18.2 Å². The van der Waals surface area contributed by atoms with Gasteiger partial charge in [0, 0.05) is 12.1 Å². The third kappa shape index (κ3) is 3.33. The summed E-state index contributed by atoms with van der Waals surface area (Å²) in [6, 6.07) is 2.90. The molecule has 0 bridgehead atoms. The molecule has 2 rings (SSSR count). The molecule has 0 radical (unpaired) electrons. The quantitative estimate of drug-likeness (QED) is 0.862. The van der Waals surface area contributed by atoms with Crippen LogP contribution in [0, 0.1) is 0 Å². The predicted molar refractivity (Wildman–Crippen MR) is 79.1 cm³/mol. The second-order valence-corrected chi connectivity index (χ2v) is 7.45. The molecule has 1 atom stereocenters. The van der Waals surface area contributed by atoms with Gasteiger partial charge in [0.1, 0.15) is 11.8 Å². The van der Waals surface area contributed by atoms with E-state index in [1.165, 1.54) is 25.3 Å². The van der Waals surface area contributed by atoms with E-state index in [1.807, 2.05) is 0 Å². The van der Waals surface area contributed by atoms with E-state index in [0.29, 0.717) is 5.02 Å². The molecule has 9 heteroatoms. The molecule has 7 nitrogen and oxygen atoms in total. The van der Waals surface area contributed by atoms with E-state index >= 15 is 0 Å². The Bertz CT molecular complexity index is 717. The zero-order chi connectivity index (χ0) is 16.5. The van der Waals surface area contributed by atoms with Gasteiger partial charge < -0.3 is 14.7 Å². The Balaban J connectivity index is 2.33. The largest absolute Gasteiger partial charge is 0.495 e. The minimum absolute atomic E-state index is 0.164. The standard InChI is InChI=1S/C13H14ClNO6S/c1-21-11-6-8(2-3-9(11)14)12(16)15-4-5-22(19,20)7-10(15)13(17)18/h2-3,6,10H,4-5,7H2,1H3,(H,17,18). The van der Waals surface area contributed by atoms with Crippen LogP contribution in [-0.4, -0.2) is 61.5 Å². The fourth-order valence-electron chi connectivity index (χ4n) is 2.21. The van der Waals surface area contributed by atoms with Gasteiger partial charge >= 0.3 is 5.97 Å². The summed E-state index contributed by atoms with van der Waals surface area (Å²) >= 11 is 5.88. The van der Waals surface area contributed by atoms with Gasteiger partial charge in [0.15, 0.2) is 9.84 Å². The molecule has 0 spiro atoms. The number of carboxylic acid groups (broad SMARTS) is 1. The van der Waals surface area contributed by atoms with Gasteiger partial charge in [-0.25, -0.2) is 13.2 Å². The lowest BCUT2D eigenvalue weighted by Gasteiger charge is -2.32. The number of sulfone groups is 1. The summed E-state index contributed by atoms with van der Waals surface area (Å²) in [5.41, 5.74) is 0.187. The summed E-state index contributed by atoms with van der Waals surface area (Å²) in [7, 11) is -2.07. The Hall–Kier alpha value is -1.80. The molecule has 1 aromatic rings. The van der Waals surface area contributed by atoms with Crippen molar-refractivity contribution in [2.75, 3.05) is 25.2 Å². The first-order chi connectivity index (χ1) is 10.2. The number of halogens is 1. The Labute approximate surface area is 132 Å². The maximum Gasteiger partial charge on any atom is 0.327 e. The fourth-order valence-corrected chi connectivity index (χ4v) is 3.85. The third-order valence-electron chi connectivity index (χ3n) is 3.38. The molecule has 1 fully saturated rings. The van der Waals surface area contributed by atoms with Crippen LogP contribution in [0.15, 0.2) is 18.2 Å². The first kappa shape index (κ1) is 16.6. The first-order valence-corrected chi connectivity index (χ1v) is 8.53. The van der Waals surface area contributed by atoms with Crippen LogP contribution in [0.1, 0.15) is 10.4 Å². The summed E-state index contributed by atoms with van der Waals surface area (Å²) in [6.07, 6.45) is 0. The number of hydrogen-bond donors (Lipinski definition) is 1. The Morgan fingerprint density at radius 2 is 2.09 bits per heavy atom. The molecule has 0 aliphatic carbocycles. The normalized spacial score (nSPS) is 20.5. The van der Waals surface area contributed by atoms with Gasteiger partial charge in [-0.1, -0.05) is 11.6 Å². The van der Waals surface area contributed by atoms with Gasteiger partial charge in [-0.2, -0.15) is 0 Å². The third-order valence-corrected chi connectivity index (χ3v) is 5.32. The molecular formula is C13H14ClNO6S. The van der Waals surface area contributed by atoms with Gasteiger partial charge in [0.05, 0.1) is 23.6 Å². The highest BCUT2D eigenvalue weighted by Gasteiger charge is 2.39. The topological polar surface area (TPSA) is 101 Å². The number of carbonyl (C=O) groups is 2. The van der Waals surface area contributed by atoms with Crippen LogP contribution in [0.25, 0.3) is 0 Å². The van der Waals surface area contributed by atoms with Gasteiger partial charge in [0.25, 0.3) is 5.91 Å². The monoisotopic (exact) mass is 347 g/mol. The summed E-state index contributed by atoms with van der Waals surface area (Å²) < 4.78 is 28.2. The fraction of sp³-hybridized carbons (Fsp3) is 0.385. The molecule has 1 unspecified atom stereocenters. The van der Waals surface area contributed by atoms with Crippen molar-refractivity contribution in [3.63, 3.8) is 0 Å². The van der Waals surface area contributed by atoms with Crippen molar-refractivity contribution in [1.82, 2.24) is 4.90 Å². The summed E-state index contributed by atoms with van der Waals surface area (Å²) in [4.78, 5) is 24.8. The van der Waals surface area contributed by atoms with Crippen molar-refractivity contribution < 1.29 is 27.9 Å². The molecule has 22 heavy (non-hydrogen) atoms. The van der Waals surface area contributed by atoms with Crippen LogP contribution in [0.3, 0.4) is 0 Å². The van der Waals surface area contributed by atoms with E-state index in [2.05, 4.69) is 0 Å². The molecule has 1 saturated heterocycles. The number of amides is 1. The van der Waals surface area contributed by atoms with E-state index < -0.39 is 33.5 Å². The van der Waals surface area contributed by atoms with E-state index in [4.69, 9.17) is 16.3 Å². The van der Waals surface area contributed by atoms with Crippen LogP contribution in [-0.2, 0) is 14.6 Å². The van der Waals surface area contributed by atoms with Crippen LogP contribution in [0.5, 0.6) is 5.75 Å². The highest BCUT2D eigenvalue weighted by molar-refractivity contribution is 7.91. The number of benzene rings is 1. The lowest BCUT2D eigenvalue weighted by Crippen LogP contribution is -2.54. The van der Waals surface area contributed by atoms with E-state index in [9.17, 15) is 23.1 Å². The molecule has 1 heterocycles. The molecule has 1 aliphatic heterocycles. The Kier molecular flexibility index (Phi) is 4.62. The molecular weight excluding hydrogens is 334 g/mol. The number of carboxylic acids is 1. The van der Waals surface area contributed by atoms with E-state index in [1.54, 1.807) is 0 Å². The smallest absolute Gasteiger partial charge is 0.327 e. The van der Waals surface area contributed by atoms with Gasteiger partial charge in [-0.3, -0.25) is 4.79 Å². The average Bonchev–Trinajstić information content (AvgIpc) is 2.46. The van der Waals surface area contributed by atoms with Crippen molar-refractivity contribution in [3.8, 4) is 5.75 Å². The lowest BCUT2D eigenvalue weighted by molar-refractivity contribution is -0.141. The van der Waals surface area contributed by atoms with Gasteiger partial charge in [-0.15, -0.1) is 0 Å². The number of hydrogen-bond acceptors (Lipinski definition) is 5. The average molecular weight is 348 g/mol. The molecule has 1 amide bonds. The van der Waals surface area contributed by atoms with Crippen LogP contribution >= 0.6 is 11.6 Å². The van der Waals surface area contributed by atoms with E-state index in [-0.39, 0.29) is 23.6 Å². The summed E-state index contributed by atoms with van der Waals surface area (Å²) in [5, 5.41) is 9.49. The molecule has 1 aliphatic rings. The Morgan fingerprint density at radius 3 is 2.68 bits per heavy atom. The van der Waals surface area contributed by atoms with Crippen molar-refractivity contribution in [3.05, 3.63) is 28.8 Å². The molecule has 1 aromatic carbocycles. The number of rotatable bonds is 3. The number of ether oxygens (including phenoxy) is 1. The van der Waals surface area contributed by atoms with Crippen molar-refractivity contribution in [1.29, 1.82) is 0 Å². The maximum atomic E-state index is 12.5. The second kappa shape index (κ2) is 6.13. The number of carbonyl (C=O) groups excluding carboxylic acids is 1. The summed E-state index contributed by atoms with van der Waals surface area (Å²) in [6.45, 7) is -0.164.